The molecule has 9 heteroatoms. The zero-order valence-electron chi connectivity index (χ0n) is 15.8. The summed E-state index contributed by atoms with van der Waals surface area (Å²) in [5, 5.41) is 13.3. The molecule has 4 aromatic rings. The molecule has 0 atom stereocenters. The lowest BCUT2D eigenvalue weighted by atomic mass is 10.2. The maximum atomic E-state index is 12.4. The van der Waals surface area contributed by atoms with Gasteiger partial charge in [0.2, 0.25) is 11.1 Å². The van der Waals surface area contributed by atoms with E-state index in [2.05, 4.69) is 32.0 Å². The second-order valence-corrected chi connectivity index (χ2v) is 7.59. The number of ether oxygens (including phenoxy) is 1. The van der Waals surface area contributed by atoms with Gasteiger partial charge < -0.3 is 14.6 Å². The van der Waals surface area contributed by atoms with Crippen LogP contribution in [0.25, 0.3) is 22.1 Å². The van der Waals surface area contributed by atoms with Crippen LogP contribution in [-0.4, -0.2) is 38.5 Å². The number of para-hydroxylation sites is 1. The number of aromatic nitrogens is 4. The van der Waals surface area contributed by atoms with Gasteiger partial charge in [-0.1, -0.05) is 41.6 Å². The summed E-state index contributed by atoms with van der Waals surface area (Å²) in [6.07, 6.45) is 0. The molecule has 29 heavy (non-hydrogen) atoms. The summed E-state index contributed by atoms with van der Waals surface area (Å²) >= 11 is 7.23. The van der Waals surface area contributed by atoms with Crippen molar-refractivity contribution in [3.8, 4) is 5.75 Å². The third kappa shape index (κ3) is 3.86. The Balaban J connectivity index is 1.53. The number of halogens is 1. The number of carbonyl (C=O) groups excluding carboxylic acids is 1. The van der Waals surface area contributed by atoms with Gasteiger partial charge in [0.05, 0.1) is 24.1 Å². The van der Waals surface area contributed by atoms with E-state index in [-0.39, 0.29) is 11.7 Å². The van der Waals surface area contributed by atoms with E-state index < -0.39 is 0 Å². The molecular weight excluding hydrogens is 410 g/mol. The molecule has 0 unspecified atom stereocenters. The topological polar surface area (TPSA) is 81.9 Å². The van der Waals surface area contributed by atoms with E-state index in [4.69, 9.17) is 16.3 Å². The minimum atomic E-state index is -0.213. The number of amides is 1. The summed E-state index contributed by atoms with van der Waals surface area (Å²) in [7, 11) is 1.54. The van der Waals surface area contributed by atoms with E-state index in [1.807, 2.05) is 24.3 Å². The fourth-order valence-electron chi connectivity index (χ4n) is 3.16. The molecule has 0 fully saturated rings. The zero-order chi connectivity index (χ0) is 20.4. The van der Waals surface area contributed by atoms with Gasteiger partial charge >= 0.3 is 0 Å². The Bertz CT molecular complexity index is 1210. The predicted molar refractivity (Wildman–Crippen MR) is 116 cm³/mol. The van der Waals surface area contributed by atoms with Gasteiger partial charge in [-0.2, -0.15) is 0 Å². The molecule has 148 valence electrons. The van der Waals surface area contributed by atoms with Crippen molar-refractivity contribution in [2.45, 2.75) is 18.6 Å². The first kappa shape index (κ1) is 19.5. The van der Waals surface area contributed by atoms with Crippen LogP contribution in [0.2, 0.25) is 5.02 Å². The second kappa shape index (κ2) is 8.26. The highest BCUT2D eigenvalue weighted by atomic mass is 35.5. The number of nitrogens with one attached hydrogen (secondary N) is 1. The number of benzene rings is 2. The van der Waals surface area contributed by atoms with Crippen LogP contribution in [0.3, 0.4) is 0 Å². The van der Waals surface area contributed by atoms with Crippen LogP contribution in [0.4, 0.5) is 5.69 Å². The first-order valence-corrected chi connectivity index (χ1v) is 10.3. The normalized spacial score (nSPS) is 11.1. The van der Waals surface area contributed by atoms with Crippen molar-refractivity contribution in [3.05, 3.63) is 47.5 Å². The maximum absolute atomic E-state index is 12.4. The number of fused-ring (bicyclic) bond motifs is 3. The van der Waals surface area contributed by atoms with Crippen LogP contribution in [-0.2, 0) is 11.3 Å². The second-order valence-electron chi connectivity index (χ2n) is 6.21. The zero-order valence-corrected chi connectivity index (χ0v) is 17.4. The maximum Gasteiger partial charge on any atom is 0.234 e. The molecule has 0 saturated heterocycles. The number of hydrogen-bond donors (Lipinski definition) is 1. The third-order valence-electron chi connectivity index (χ3n) is 4.44. The van der Waals surface area contributed by atoms with Crippen molar-refractivity contribution < 1.29 is 9.53 Å². The van der Waals surface area contributed by atoms with Gasteiger partial charge in [0.25, 0.3) is 0 Å². The summed E-state index contributed by atoms with van der Waals surface area (Å²) in [6, 6.07) is 13.1. The molecule has 0 aliphatic rings. The first-order chi connectivity index (χ1) is 14.1. The highest BCUT2D eigenvalue weighted by molar-refractivity contribution is 7.99. The highest BCUT2D eigenvalue weighted by Crippen LogP contribution is 2.29. The highest BCUT2D eigenvalue weighted by Gasteiger charge is 2.15. The number of thioether (sulfide) groups is 1. The number of carbonyl (C=O) groups is 1. The SMILES string of the molecule is CCn1c2ccccc2c2nnc(SCC(=O)Nc3cc(Cl)ccc3OC)nc21. The molecule has 0 saturated carbocycles. The van der Waals surface area contributed by atoms with Gasteiger partial charge in [0.1, 0.15) is 11.3 Å². The molecule has 0 bridgehead atoms. The van der Waals surface area contributed by atoms with Crippen LogP contribution < -0.4 is 10.1 Å². The van der Waals surface area contributed by atoms with E-state index in [0.29, 0.717) is 21.6 Å². The molecule has 2 aromatic carbocycles. The number of rotatable bonds is 6. The number of nitrogens with zero attached hydrogens (tertiary/aromatic N) is 4. The molecule has 1 amide bonds. The summed E-state index contributed by atoms with van der Waals surface area (Å²) in [5.41, 5.74) is 3.12. The first-order valence-electron chi connectivity index (χ1n) is 8.98. The lowest BCUT2D eigenvalue weighted by Crippen LogP contribution is -2.15. The lowest BCUT2D eigenvalue weighted by Gasteiger charge is -2.10. The number of hydrogen-bond acceptors (Lipinski definition) is 6. The number of anilines is 1. The fourth-order valence-corrected chi connectivity index (χ4v) is 3.92. The number of aryl methyl sites for hydroxylation is 1. The van der Waals surface area contributed by atoms with Gasteiger partial charge in [0, 0.05) is 17.0 Å². The molecule has 7 nitrogen and oxygen atoms in total. The Morgan fingerprint density at radius 2 is 2.07 bits per heavy atom. The van der Waals surface area contributed by atoms with Crippen molar-refractivity contribution in [2.75, 3.05) is 18.2 Å². The molecule has 0 spiro atoms. The fraction of sp³-hybridized carbons (Fsp3) is 0.200. The summed E-state index contributed by atoms with van der Waals surface area (Å²) in [6.45, 7) is 2.83. The molecule has 1 N–H and O–H groups in total. The Hall–Kier alpha value is -2.84. The van der Waals surface area contributed by atoms with E-state index in [1.165, 1.54) is 18.9 Å². The smallest absolute Gasteiger partial charge is 0.234 e. The molecule has 4 rings (SSSR count). The van der Waals surface area contributed by atoms with E-state index in [9.17, 15) is 4.79 Å². The minimum Gasteiger partial charge on any atom is -0.495 e. The Morgan fingerprint density at radius 3 is 2.86 bits per heavy atom. The van der Waals surface area contributed by atoms with E-state index in [1.54, 1.807) is 18.2 Å². The van der Waals surface area contributed by atoms with Crippen molar-refractivity contribution in [1.29, 1.82) is 0 Å². The average Bonchev–Trinajstić information content (AvgIpc) is 3.05. The quantitative estimate of drug-likeness (QED) is 0.459. The molecule has 2 heterocycles. The predicted octanol–water partition coefficient (Wildman–Crippen LogP) is 4.39. The summed E-state index contributed by atoms with van der Waals surface area (Å²) in [4.78, 5) is 17.0. The van der Waals surface area contributed by atoms with Gasteiger partial charge in [-0.3, -0.25) is 4.79 Å². The van der Waals surface area contributed by atoms with Crippen LogP contribution >= 0.6 is 23.4 Å². The summed E-state index contributed by atoms with van der Waals surface area (Å²) in [5.74, 6) is 0.463. The Morgan fingerprint density at radius 1 is 1.24 bits per heavy atom. The van der Waals surface area contributed by atoms with Crippen molar-refractivity contribution in [2.24, 2.45) is 0 Å². The largest absolute Gasteiger partial charge is 0.495 e. The van der Waals surface area contributed by atoms with Crippen molar-refractivity contribution >= 4 is 57.0 Å². The van der Waals surface area contributed by atoms with Crippen LogP contribution in [0, 0.1) is 0 Å². The molecule has 0 aliphatic heterocycles. The summed E-state index contributed by atoms with van der Waals surface area (Å²) < 4.78 is 7.35. The van der Waals surface area contributed by atoms with Crippen molar-refractivity contribution in [1.82, 2.24) is 19.7 Å². The standard InChI is InChI=1S/C20H18ClN5O2S/c1-3-26-15-7-5-4-6-13(15)18-19(26)23-20(25-24-18)29-11-17(27)22-14-10-12(21)8-9-16(14)28-2/h4-10H,3,11H2,1-2H3,(H,22,27). The van der Waals surface area contributed by atoms with Crippen molar-refractivity contribution in [3.63, 3.8) is 0 Å². The monoisotopic (exact) mass is 427 g/mol. The molecule has 2 aromatic heterocycles. The average molecular weight is 428 g/mol. The lowest BCUT2D eigenvalue weighted by molar-refractivity contribution is -0.113. The minimum absolute atomic E-state index is 0.134. The molecule has 0 radical (unpaired) electrons. The van der Waals surface area contributed by atoms with Gasteiger partial charge in [-0.05, 0) is 31.2 Å². The molecule has 0 aliphatic carbocycles. The van der Waals surface area contributed by atoms with Gasteiger partial charge in [0.15, 0.2) is 5.65 Å². The van der Waals surface area contributed by atoms with Gasteiger partial charge in [-0.25, -0.2) is 4.98 Å². The Labute approximate surface area is 176 Å². The van der Waals surface area contributed by atoms with Gasteiger partial charge in [-0.15, -0.1) is 10.2 Å². The van der Waals surface area contributed by atoms with Crippen LogP contribution in [0.5, 0.6) is 5.75 Å². The third-order valence-corrected chi connectivity index (χ3v) is 5.51. The number of methoxy groups -OCH3 is 1. The Kier molecular flexibility index (Phi) is 5.55. The van der Waals surface area contributed by atoms with E-state index in [0.717, 1.165) is 28.6 Å². The van der Waals surface area contributed by atoms with Crippen LogP contribution in [0.1, 0.15) is 6.92 Å². The molecular formula is C20H18ClN5O2S. The van der Waals surface area contributed by atoms with E-state index >= 15 is 0 Å². The van der Waals surface area contributed by atoms with Crippen LogP contribution in [0.15, 0.2) is 47.6 Å².